The SMILES string of the molecule is COC(=O)/C=C/c1ccc2c(c1)c1ccccc1n2[C@H]1CC(O)[C@@H](CO)O1. The Morgan fingerprint density at radius 1 is 1.26 bits per heavy atom. The molecule has 2 heterocycles. The van der Waals surface area contributed by atoms with Crippen LogP contribution in [-0.2, 0) is 14.3 Å². The third-order valence-electron chi connectivity index (χ3n) is 5.02. The Morgan fingerprint density at radius 2 is 2.04 bits per heavy atom. The minimum Gasteiger partial charge on any atom is -0.466 e. The van der Waals surface area contributed by atoms with Gasteiger partial charge in [-0.25, -0.2) is 4.79 Å². The minimum absolute atomic E-state index is 0.211. The second-order valence-corrected chi connectivity index (χ2v) is 6.64. The van der Waals surface area contributed by atoms with Crippen molar-refractivity contribution in [1.29, 1.82) is 0 Å². The molecule has 0 radical (unpaired) electrons. The molecule has 0 amide bonds. The zero-order valence-corrected chi connectivity index (χ0v) is 14.9. The van der Waals surface area contributed by atoms with Gasteiger partial charge in [0.15, 0.2) is 0 Å². The van der Waals surface area contributed by atoms with Crippen molar-refractivity contribution in [3.8, 4) is 0 Å². The van der Waals surface area contributed by atoms with Crippen LogP contribution in [0.4, 0.5) is 0 Å². The molecule has 2 N–H and O–H groups in total. The number of esters is 1. The summed E-state index contributed by atoms with van der Waals surface area (Å²) in [6, 6.07) is 13.9. The highest BCUT2D eigenvalue weighted by Crippen LogP contribution is 2.38. The molecule has 27 heavy (non-hydrogen) atoms. The summed E-state index contributed by atoms with van der Waals surface area (Å²) in [5.74, 6) is -0.402. The van der Waals surface area contributed by atoms with Gasteiger partial charge in [-0.2, -0.15) is 0 Å². The molecule has 1 unspecified atom stereocenters. The van der Waals surface area contributed by atoms with E-state index in [1.165, 1.54) is 13.2 Å². The summed E-state index contributed by atoms with van der Waals surface area (Å²) in [6.45, 7) is -0.211. The van der Waals surface area contributed by atoms with Crippen LogP contribution in [0.3, 0.4) is 0 Å². The molecule has 1 saturated heterocycles. The van der Waals surface area contributed by atoms with Crippen molar-refractivity contribution >= 4 is 33.9 Å². The van der Waals surface area contributed by atoms with Gasteiger partial charge in [-0.1, -0.05) is 24.3 Å². The van der Waals surface area contributed by atoms with Gasteiger partial charge in [0.2, 0.25) is 0 Å². The molecule has 0 aliphatic carbocycles. The first-order valence-corrected chi connectivity index (χ1v) is 8.85. The van der Waals surface area contributed by atoms with Crippen molar-refractivity contribution in [2.75, 3.05) is 13.7 Å². The molecule has 4 rings (SSSR count). The predicted molar refractivity (Wildman–Crippen MR) is 102 cm³/mol. The maximum absolute atomic E-state index is 11.4. The first-order valence-electron chi connectivity index (χ1n) is 8.85. The second kappa shape index (κ2) is 7.15. The fourth-order valence-corrected chi connectivity index (χ4v) is 3.70. The number of carbonyl (C=O) groups excluding carboxylic acids is 1. The van der Waals surface area contributed by atoms with E-state index in [0.29, 0.717) is 6.42 Å². The number of aliphatic hydroxyl groups excluding tert-OH is 2. The number of aromatic nitrogens is 1. The molecule has 6 nitrogen and oxygen atoms in total. The van der Waals surface area contributed by atoms with Crippen LogP contribution in [0.1, 0.15) is 18.2 Å². The largest absolute Gasteiger partial charge is 0.466 e. The lowest BCUT2D eigenvalue weighted by Crippen LogP contribution is -2.24. The smallest absolute Gasteiger partial charge is 0.330 e. The Morgan fingerprint density at radius 3 is 2.78 bits per heavy atom. The number of hydrogen-bond acceptors (Lipinski definition) is 5. The molecule has 1 aliphatic heterocycles. The summed E-state index contributed by atoms with van der Waals surface area (Å²) >= 11 is 0. The van der Waals surface area contributed by atoms with E-state index in [0.717, 1.165) is 27.4 Å². The minimum atomic E-state index is -0.696. The van der Waals surface area contributed by atoms with Gasteiger partial charge < -0.3 is 24.3 Å². The average Bonchev–Trinajstić information content (AvgIpc) is 3.22. The Balaban J connectivity index is 1.84. The number of aliphatic hydroxyl groups is 2. The number of rotatable bonds is 4. The molecule has 3 atom stereocenters. The molecule has 6 heteroatoms. The summed E-state index contributed by atoms with van der Waals surface area (Å²) in [6.07, 6.45) is 1.91. The topological polar surface area (TPSA) is 80.9 Å². The first kappa shape index (κ1) is 17.7. The number of fused-ring (bicyclic) bond motifs is 3. The van der Waals surface area contributed by atoms with Crippen LogP contribution < -0.4 is 0 Å². The molecule has 1 fully saturated rings. The Bertz CT molecular complexity index is 1020. The van der Waals surface area contributed by atoms with Crippen LogP contribution in [-0.4, -0.2) is 46.7 Å². The highest BCUT2D eigenvalue weighted by atomic mass is 16.5. The molecule has 3 aromatic rings. The molecule has 0 spiro atoms. The fourth-order valence-electron chi connectivity index (χ4n) is 3.70. The van der Waals surface area contributed by atoms with Crippen molar-refractivity contribution in [2.45, 2.75) is 24.9 Å². The van der Waals surface area contributed by atoms with E-state index in [1.54, 1.807) is 6.08 Å². The van der Waals surface area contributed by atoms with Gasteiger partial charge in [-0.15, -0.1) is 0 Å². The van der Waals surface area contributed by atoms with Gasteiger partial charge in [-0.05, 0) is 29.8 Å². The second-order valence-electron chi connectivity index (χ2n) is 6.64. The number of ether oxygens (including phenoxy) is 2. The third kappa shape index (κ3) is 3.12. The van der Waals surface area contributed by atoms with Crippen LogP contribution in [0.5, 0.6) is 0 Å². The maximum Gasteiger partial charge on any atom is 0.330 e. The van der Waals surface area contributed by atoms with Crippen LogP contribution >= 0.6 is 0 Å². The van der Waals surface area contributed by atoms with Gasteiger partial charge in [0.05, 0.1) is 30.9 Å². The maximum atomic E-state index is 11.4. The summed E-state index contributed by atoms with van der Waals surface area (Å²) in [5, 5.41) is 21.6. The summed E-state index contributed by atoms with van der Waals surface area (Å²) in [7, 11) is 1.35. The van der Waals surface area contributed by atoms with E-state index >= 15 is 0 Å². The lowest BCUT2D eigenvalue weighted by atomic mass is 10.1. The lowest BCUT2D eigenvalue weighted by molar-refractivity contribution is -0.134. The average molecular weight is 367 g/mol. The van der Waals surface area contributed by atoms with Crippen molar-refractivity contribution in [2.24, 2.45) is 0 Å². The number of para-hydroxylation sites is 1. The quantitative estimate of drug-likeness (QED) is 0.547. The highest BCUT2D eigenvalue weighted by molar-refractivity contribution is 6.08. The van der Waals surface area contributed by atoms with E-state index in [1.807, 2.05) is 42.5 Å². The van der Waals surface area contributed by atoms with Crippen molar-refractivity contribution in [1.82, 2.24) is 4.57 Å². The summed E-state index contributed by atoms with van der Waals surface area (Å²) in [5.41, 5.74) is 2.86. The Hall–Kier alpha value is -2.67. The predicted octanol–water partition coefficient (Wildman–Crippen LogP) is 2.62. The van der Waals surface area contributed by atoms with Gasteiger partial charge in [0, 0.05) is 23.3 Å². The number of methoxy groups -OCH3 is 1. The zero-order valence-electron chi connectivity index (χ0n) is 14.9. The van der Waals surface area contributed by atoms with Crippen molar-refractivity contribution < 1.29 is 24.5 Å². The Labute approximate surface area is 156 Å². The molecule has 2 aromatic carbocycles. The van der Waals surface area contributed by atoms with E-state index in [4.69, 9.17) is 4.74 Å². The number of nitrogens with zero attached hydrogens (tertiary/aromatic N) is 1. The third-order valence-corrected chi connectivity index (χ3v) is 5.02. The monoisotopic (exact) mass is 367 g/mol. The number of benzene rings is 2. The van der Waals surface area contributed by atoms with Crippen LogP contribution in [0.25, 0.3) is 27.9 Å². The highest BCUT2D eigenvalue weighted by Gasteiger charge is 2.35. The summed E-state index contributed by atoms with van der Waals surface area (Å²) in [4.78, 5) is 11.4. The Kier molecular flexibility index (Phi) is 4.70. The molecule has 140 valence electrons. The molecular weight excluding hydrogens is 346 g/mol. The van der Waals surface area contributed by atoms with Gasteiger partial charge in [0.1, 0.15) is 12.3 Å². The lowest BCUT2D eigenvalue weighted by Gasteiger charge is -2.16. The van der Waals surface area contributed by atoms with Gasteiger partial charge >= 0.3 is 5.97 Å². The van der Waals surface area contributed by atoms with Crippen molar-refractivity contribution in [3.05, 3.63) is 54.1 Å². The molecule has 0 bridgehead atoms. The number of hydrogen-bond donors (Lipinski definition) is 2. The molecular formula is C21H21NO5. The molecule has 0 saturated carbocycles. The van der Waals surface area contributed by atoms with Crippen LogP contribution in [0, 0.1) is 0 Å². The van der Waals surface area contributed by atoms with E-state index < -0.39 is 18.2 Å². The fraction of sp³-hybridized carbons (Fsp3) is 0.286. The zero-order chi connectivity index (χ0) is 19.0. The summed E-state index contributed by atoms with van der Waals surface area (Å²) < 4.78 is 12.6. The molecule has 1 aromatic heterocycles. The van der Waals surface area contributed by atoms with E-state index in [-0.39, 0.29) is 12.8 Å². The van der Waals surface area contributed by atoms with Crippen molar-refractivity contribution in [3.63, 3.8) is 0 Å². The molecule has 1 aliphatic rings. The normalized spacial score (nSPS) is 22.9. The van der Waals surface area contributed by atoms with Gasteiger partial charge in [0.25, 0.3) is 0 Å². The van der Waals surface area contributed by atoms with E-state index in [2.05, 4.69) is 9.30 Å². The number of carbonyl (C=O) groups is 1. The van der Waals surface area contributed by atoms with Gasteiger partial charge in [-0.3, -0.25) is 0 Å². The standard InChI is InChI=1S/C21H21NO5/c1-26-21(25)9-7-13-6-8-17-15(10-13)14-4-2-3-5-16(14)22(17)20-11-18(24)19(12-23)27-20/h2-10,18-20,23-24H,11-12H2,1H3/b9-7+/t18?,19-,20-/m1/s1. The van der Waals surface area contributed by atoms with E-state index in [9.17, 15) is 15.0 Å². The van der Waals surface area contributed by atoms with Crippen LogP contribution in [0.2, 0.25) is 0 Å². The first-order chi connectivity index (χ1) is 13.1. The van der Waals surface area contributed by atoms with Crippen LogP contribution in [0.15, 0.2) is 48.5 Å².